The molecule has 0 radical (unpaired) electrons. The Kier molecular flexibility index (Phi) is 2.39. The molecule has 0 saturated carbocycles. The summed E-state index contributed by atoms with van der Waals surface area (Å²) in [6, 6.07) is -0.924. The molecular weight excluding hydrogens is 160 g/mol. The fourth-order valence-corrected chi connectivity index (χ4v) is 0.761. The third kappa shape index (κ3) is 2.03. The first kappa shape index (κ1) is 8.66. The molecule has 66 valence electrons. The number of nitrogens with zero attached hydrogens (tertiary/aromatic N) is 3. The third-order valence-corrected chi connectivity index (χ3v) is 1.37. The van der Waals surface area contributed by atoms with Crippen LogP contribution in [0.4, 0.5) is 0 Å². The maximum absolute atomic E-state index is 10.3. The zero-order valence-corrected chi connectivity index (χ0v) is 6.64. The molecule has 1 atom stereocenters. The van der Waals surface area contributed by atoms with Gasteiger partial charge >= 0.3 is 5.97 Å². The highest BCUT2D eigenvalue weighted by molar-refractivity contribution is 5.73. The molecule has 3 N–H and O–H groups in total. The van der Waals surface area contributed by atoms with Crippen molar-refractivity contribution in [1.82, 2.24) is 14.8 Å². The van der Waals surface area contributed by atoms with Crippen LogP contribution in [0.2, 0.25) is 0 Å². The van der Waals surface area contributed by atoms with Crippen molar-refractivity contribution in [2.75, 3.05) is 0 Å². The van der Waals surface area contributed by atoms with Crippen LogP contribution < -0.4 is 5.73 Å². The van der Waals surface area contributed by atoms with Crippen molar-refractivity contribution in [2.24, 2.45) is 12.8 Å². The van der Waals surface area contributed by atoms with Crippen molar-refractivity contribution in [3.63, 3.8) is 0 Å². The molecule has 1 aromatic rings. The Balaban J connectivity index is 2.58. The number of rotatable bonds is 3. The lowest BCUT2D eigenvalue weighted by atomic mass is 10.2. The fourth-order valence-electron chi connectivity index (χ4n) is 0.761. The van der Waals surface area contributed by atoms with E-state index in [4.69, 9.17) is 10.8 Å². The Bertz CT molecular complexity index is 283. The van der Waals surface area contributed by atoms with E-state index in [1.54, 1.807) is 7.05 Å². The molecule has 0 aliphatic carbocycles. The van der Waals surface area contributed by atoms with Crippen molar-refractivity contribution in [3.8, 4) is 0 Å². The second-order valence-corrected chi connectivity index (χ2v) is 2.48. The van der Waals surface area contributed by atoms with Crippen LogP contribution in [-0.4, -0.2) is 31.9 Å². The van der Waals surface area contributed by atoms with Crippen molar-refractivity contribution >= 4 is 5.97 Å². The van der Waals surface area contributed by atoms with Gasteiger partial charge in [0.15, 0.2) is 5.82 Å². The molecule has 0 aliphatic rings. The predicted octanol–water partition coefficient (Wildman–Crippen LogP) is -1.23. The van der Waals surface area contributed by atoms with E-state index in [0.29, 0.717) is 5.82 Å². The van der Waals surface area contributed by atoms with E-state index < -0.39 is 12.0 Å². The third-order valence-electron chi connectivity index (χ3n) is 1.37. The van der Waals surface area contributed by atoms with Crippen LogP contribution in [0.15, 0.2) is 6.33 Å². The lowest BCUT2D eigenvalue weighted by Gasteiger charge is -2.00. The molecule has 0 spiro atoms. The minimum Gasteiger partial charge on any atom is -0.480 e. The number of carbonyl (C=O) groups is 1. The molecule has 6 nitrogen and oxygen atoms in total. The summed E-state index contributed by atoms with van der Waals surface area (Å²) in [5.74, 6) is -0.588. The highest BCUT2D eigenvalue weighted by Gasteiger charge is 2.14. The SMILES string of the molecule is Cn1cnc(CC(N)C(=O)O)n1. The molecule has 0 amide bonds. The van der Waals surface area contributed by atoms with Crippen LogP contribution in [-0.2, 0) is 18.3 Å². The predicted molar refractivity (Wildman–Crippen MR) is 40.3 cm³/mol. The van der Waals surface area contributed by atoms with E-state index in [0.717, 1.165) is 0 Å². The van der Waals surface area contributed by atoms with Crippen molar-refractivity contribution in [1.29, 1.82) is 0 Å². The van der Waals surface area contributed by atoms with Crippen molar-refractivity contribution in [2.45, 2.75) is 12.5 Å². The number of carboxylic acid groups (broad SMARTS) is 1. The number of aromatic nitrogens is 3. The summed E-state index contributed by atoms with van der Waals surface area (Å²) in [5.41, 5.74) is 5.27. The maximum Gasteiger partial charge on any atom is 0.320 e. The molecular formula is C6H10N4O2. The Hall–Kier alpha value is -1.43. The normalized spacial score (nSPS) is 12.8. The number of aryl methyl sites for hydroxylation is 1. The molecule has 1 aromatic heterocycles. The van der Waals surface area contributed by atoms with Gasteiger partial charge in [-0.2, -0.15) is 5.10 Å². The minimum atomic E-state index is -1.04. The van der Waals surface area contributed by atoms with E-state index in [9.17, 15) is 4.79 Å². The lowest BCUT2D eigenvalue weighted by molar-refractivity contribution is -0.138. The van der Waals surface area contributed by atoms with Gasteiger partial charge in [0.1, 0.15) is 12.4 Å². The average molecular weight is 170 g/mol. The monoisotopic (exact) mass is 170 g/mol. The highest BCUT2D eigenvalue weighted by Crippen LogP contribution is 1.93. The highest BCUT2D eigenvalue weighted by atomic mass is 16.4. The van der Waals surface area contributed by atoms with Crippen LogP contribution in [0, 0.1) is 0 Å². The van der Waals surface area contributed by atoms with Gasteiger partial charge in [-0.1, -0.05) is 0 Å². The Labute approximate surface area is 69.0 Å². The molecule has 0 aromatic carbocycles. The van der Waals surface area contributed by atoms with E-state index in [1.165, 1.54) is 11.0 Å². The summed E-state index contributed by atoms with van der Waals surface area (Å²) in [5, 5.41) is 12.4. The van der Waals surface area contributed by atoms with Gasteiger partial charge in [-0.05, 0) is 0 Å². The summed E-state index contributed by atoms with van der Waals surface area (Å²) in [7, 11) is 1.71. The quantitative estimate of drug-likeness (QED) is 0.592. The number of hydrogen-bond acceptors (Lipinski definition) is 4. The number of nitrogens with two attached hydrogens (primary N) is 1. The Morgan fingerprint density at radius 1 is 1.92 bits per heavy atom. The van der Waals surface area contributed by atoms with Gasteiger partial charge in [0.25, 0.3) is 0 Å². The summed E-state index contributed by atoms with van der Waals surface area (Å²) in [6.45, 7) is 0. The molecule has 1 unspecified atom stereocenters. The zero-order valence-electron chi connectivity index (χ0n) is 6.64. The minimum absolute atomic E-state index is 0.163. The van der Waals surface area contributed by atoms with Gasteiger partial charge in [0, 0.05) is 13.5 Å². The van der Waals surface area contributed by atoms with E-state index in [-0.39, 0.29) is 6.42 Å². The number of carboxylic acids is 1. The standard InChI is InChI=1S/C6H10N4O2/c1-10-3-8-5(9-10)2-4(7)6(11)12/h3-4H,2,7H2,1H3,(H,11,12). The molecule has 1 rings (SSSR count). The largest absolute Gasteiger partial charge is 0.480 e. The van der Waals surface area contributed by atoms with Crippen LogP contribution in [0.1, 0.15) is 5.82 Å². The number of aliphatic carboxylic acids is 1. The second-order valence-electron chi connectivity index (χ2n) is 2.48. The van der Waals surface area contributed by atoms with Gasteiger partial charge in [-0.3, -0.25) is 9.48 Å². The van der Waals surface area contributed by atoms with E-state index in [1.807, 2.05) is 0 Å². The van der Waals surface area contributed by atoms with E-state index >= 15 is 0 Å². The number of hydrogen-bond donors (Lipinski definition) is 2. The van der Waals surface area contributed by atoms with Gasteiger partial charge < -0.3 is 10.8 Å². The molecule has 12 heavy (non-hydrogen) atoms. The first-order valence-electron chi connectivity index (χ1n) is 3.42. The molecule has 6 heteroatoms. The summed E-state index contributed by atoms with van der Waals surface area (Å²) >= 11 is 0. The van der Waals surface area contributed by atoms with Gasteiger partial charge in [-0.15, -0.1) is 0 Å². The maximum atomic E-state index is 10.3. The second kappa shape index (κ2) is 3.31. The summed E-state index contributed by atoms with van der Waals surface area (Å²) in [4.78, 5) is 14.2. The summed E-state index contributed by atoms with van der Waals surface area (Å²) < 4.78 is 1.50. The van der Waals surface area contributed by atoms with Crippen LogP contribution in [0.5, 0.6) is 0 Å². The summed E-state index contributed by atoms with van der Waals surface area (Å²) in [6.07, 6.45) is 1.67. The molecule has 1 heterocycles. The Morgan fingerprint density at radius 2 is 2.58 bits per heavy atom. The zero-order chi connectivity index (χ0) is 9.14. The van der Waals surface area contributed by atoms with Crippen LogP contribution in [0.3, 0.4) is 0 Å². The smallest absolute Gasteiger partial charge is 0.320 e. The molecule has 0 saturated heterocycles. The first-order chi connectivity index (χ1) is 5.59. The fraction of sp³-hybridized carbons (Fsp3) is 0.500. The lowest BCUT2D eigenvalue weighted by Crippen LogP contribution is -2.32. The molecule has 0 aliphatic heterocycles. The Morgan fingerprint density at radius 3 is 3.00 bits per heavy atom. The van der Waals surface area contributed by atoms with Gasteiger partial charge in [0.05, 0.1) is 0 Å². The average Bonchev–Trinajstić information content (AvgIpc) is 2.35. The van der Waals surface area contributed by atoms with Crippen molar-refractivity contribution in [3.05, 3.63) is 12.2 Å². The topological polar surface area (TPSA) is 94.0 Å². The first-order valence-corrected chi connectivity index (χ1v) is 3.42. The van der Waals surface area contributed by atoms with Crippen molar-refractivity contribution < 1.29 is 9.90 Å². The van der Waals surface area contributed by atoms with Gasteiger partial charge in [-0.25, -0.2) is 4.98 Å². The van der Waals surface area contributed by atoms with Crippen LogP contribution >= 0.6 is 0 Å². The van der Waals surface area contributed by atoms with E-state index in [2.05, 4.69) is 10.1 Å². The molecule has 0 bridgehead atoms. The van der Waals surface area contributed by atoms with Gasteiger partial charge in [0.2, 0.25) is 0 Å². The van der Waals surface area contributed by atoms with Crippen LogP contribution in [0.25, 0.3) is 0 Å². The molecule has 0 fully saturated rings.